The molecule has 0 bridgehead atoms. The summed E-state index contributed by atoms with van der Waals surface area (Å²) in [6.07, 6.45) is 2.08. The number of benzene rings is 2. The topological polar surface area (TPSA) is 17.3 Å². The van der Waals surface area contributed by atoms with Gasteiger partial charge in [0.25, 0.3) is 0 Å². The molecule has 3 heteroatoms. The maximum absolute atomic E-state index is 4.87. The molecule has 2 aromatic heterocycles. The van der Waals surface area contributed by atoms with Crippen LogP contribution >= 0.6 is 11.8 Å². The molecule has 0 aliphatic carbocycles. The molecule has 0 unspecified atom stereocenters. The molecule has 24 heavy (non-hydrogen) atoms. The maximum atomic E-state index is 4.87. The van der Waals surface area contributed by atoms with Crippen molar-refractivity contribution in [1.29, 1.82) is 0 Å². The van der Waals surface area contributed by atoms with Gasteiger partial charge in [0, 0.05) is 16.7 Å². The van der Waals surface area contributed by atoms with Crippen LogP contribution in [0.2, 0.25) is 0 Å². The SMILES string of the molecule is Cc1ccc(Sc2c(-c3ccc(C)cc3)nc3ccccn23)cc1. The molecule has 0 aliphatic rings. The molecule has 0 aliphatic heterocycles. The standard InChI is InChI=1S/C21H18N2S/c1-15-6-10-17(11-7-15)20-21(23-14-4-3-5-19(23)22-20)24-18-12-8-16(2)9-13-18/h3-14H,1-2H3. The summed E-state index contributed by atoms with van der Waals surface area (Å²) in [5.74, 6) is 0. The largest absolute Gasteiger partial charge is 0.294 e. The minimum Gasteiger partial charge on any atom is -0.294 e. The fourth-order valence-electron chi connectivity index (χ4n) is 2.69. The molecule has 0 amide bonds. The highest BCUT2D eigenvalue weighted by Gasteiger charge is 2.15. The van der Waals surface area contributed by atoms with E-state index in [1.165, 1.54) is 16.0 Å². The summed E-state index contributed by atoms with van der Waals surface area (Å²) in [4.78, 5) is 6.09. The van der Waals surface area contributed by atoms with Crippen molar-refractivity contribution in [2.75, 3.05) is 0 Å². The van der Waals surface area contributed by atoms with Gasteiger partial charge in [-0.1, -0.05) is 65.4 Å². The Kier molecular flexibility index (Phi) is 3.87. The third kappa shape index (κ3) is 2.83. The fourth-order valence-corrected chi connectivity index (χ4v) is 3.70. The Labute approximate surface area is 146 Å². The Hall–Kier alpha value is -2.52. The third-order valence-electron chi connectivity index (χ3n) is 4.05. The number of imidazole rings is 1. The molecule has 2 aromatic carbocycles. The molecule has 0 fully saturated rings. The van der Waals surface area contributed by atoms with Crippen LogP contribution in [0.25, 0.3) is 16.9 Å². The number of rotatable bonds is 3. The van der Waals surface area contributed by atoms with Gasteiger partial charge in [0.15, 0.2) is 0 Å². The molecular formula is C21H18N2S. The predicted molar refractivity (Wildman–Crippen MR) is 101 cm³/mol. The van der Waals surface area contributed by atoms with Gasteiger partial charge in [-0.3, -0.25) is 4.40 Å². The van der Waals surface area contributed by atoms with Crippen LogP contribution in [0.1, 0.15) is 11.1 Å². The lowest BCUT2D eigenvalue weighted by atomic mass is 10.1. The van der Waals surface area contributed by atoms with Crippen molar-refractivity contribution in [1.82, 2.24) is 9.38 Å². The lowest BCUT2D eigenvalue weighted by Crippen LogP contribution is -1.87. The van der Waals surface area contributed by atoms with E-state index in [4.69, 9.17) is 4.98 Å². The molecule has 0 saturated heterocycles. The zero-order chi connectivity index (χ0) is 16.5. The van der Waals surface area contributed by atoms with E-state index < -0.39 is 0 Å². The summed E-state index contributed by atoms with van der Waals surface area (Å²) in [5, 5.41) is 1.15. The summed E-state index contributed by atoms with van der Waals surface area (Å²) in [6, 6.07) is 23.3. The second-order valence-corrected chi connectivity index (χ2v) is 7.04. The second-order valence-electron chi connectivity index (χ2n) is 5.98. The average molecular weight is 330 g/mol. The van der Waals surface area contributed by atoms with Crippen molar-refractivity contribution < 1.29 is 0 Å². The molecule has 0 atom stereocenters. The van der Waals surface area contributed by atoms with E-state index in [0.717, 1.165) is 21.9 Å². The first-order valence-electron chi connectivity index (χ1n) is 7.99. The van der Waals surface area contributed by atoms with Crippen LogP contribution in [0.4, 0.5) is 0 Å². The van der Waals surface area contributed by atoms with Crippen molar-refractivity contribution in [3.8, 4) is 11.3 Å². The van der Waals surface area contributed by atoms with E-state index in [1.54, 1.807) is 11.8 Å². The van der Waals surface area contributed by atoms with E-state index in [0.29, 0.717) is 0 Å². The van der Waals surface area contributed by atoms with Crippen LogP contribution < -0.4 is 0 Å². The summed E-state index contributed by atoms with van der Waals surface area (Å²) in [7, 11) is 0. The molecule has 0 radical (unpaired) electrons. The quantitative estimate of drug-likeness (QED) is 0.474. The van der Waals surface area contributed by atoms with Gasteiger partial charge in [0.2, 0.25) is 0 Å². The van der Waals surface area contributed by atoms with Gasteiger partial charge in [-0.05, 0) is 38.1 Å². The van der Waals surface area contributed by atoms with Crippen molar-refractivity contribution in [2.45, 2.75) is 23.8 Å². The van der Waals surface area contributed by atoms with E-state index in [2.05, 4.69) is 79.0 Å². The van der Waals surface area contributed by atoms with E-state index in [9.17, 15) is 0 Å². The van der Waals surface area contributed by atoms with Gasteiger partial charge in [-0.15, -0.1) is 0 Å². The number of pyridine rings is 1. The Morgan fingerprint density at radius 1 is 0.792 bits per heavy atom. The van der Waals surface area contributed by atoms with Crippen molar-refractivity contribution >= 4 is 17.4 Å². The molecule has 2 nitrogen and oxygen atoms in total. The first-order valence-corrected chi connectivity index (χ1v) is 8.81. The van der Waals surface area contributed by atoms with Crippen molar-refractivity contribution in [2.24, 2.45) is 0 Å². The average Bonchev–Trinajstić information content (AvgIpc) is 2.96. The Balaban J connectivity index is 1.86. The van der Waals surface area contributed by atoms with Gasteiger partial charge >= 0.3 is 0 Å². The summed E-state index contributed by atoms with van der Waals surface area (Å²) >= 11 is 1.76. The minimum atomic E-state index is 0.975. The van der Waals surface area contributed by atoms with Gasteiger partial charge in [-0.2, -0.15) is 0 Å². The van der Waals surface area contributed by atoms with Crippen LogP contribution in [0.3, 0.4) is 0 Å². The fraction of sp³-hybridized carbons (Fsp3) is 0.0952. The van der Waals surface area contributed by atoms with Gasteiger partial charge < -0.3 is 0 Å². The molecule has 0 spiro atoms. The molecule has 4 aromatic rings. The van der Waals surface area contributed by atoms with E-state index >= 15 is 0 Å². The number of nitrogens with zero attached hydrogens (tertiary/aromatic N) is 2. The van der Waals surface area contributed by atoms with Gasteiger partial charge in [-0.25, -0.2) is 4.98 Å². The summed E-state index contributed by atoms with van der Waals surface area (Å²) in [5.41, 5.74) is 5.69. The van der Waals surface area contributed by atoms with Crippen molar-refractivity contribution in [3.63, 3.8) is 0 Å². The molecule has 0 saturated carbocycles. The van der Waals surface area contributed by atoms with E-state index in [-0.39, 0.29) is 0 Å². The first kappa shape index (κ1) is 15.0. The maximum Gasteiger partial charge on any atom is 0.138 e. The normalized spacial score (nSPS) is 11.1. The monoisotopic (exact) mass is 330 g/mol. The highest BCUT2D eigenvalue weighted by molar-refractivity contribution is 7.99. The van der Waals surface area contributed by atoms with Gasteiger partial charge in [0.1, 0.15) is 16.4 Å². The number of hydrogen-bond acceptors (Lipinski definition) is 2. The number of aryl methyl sites for hydroxylation is 2. The zero-order valence-electron chi connectivity index (χ0n) is 13.7. The van der Waals surface area contributed by atoms with Crippen LogP contribution in [-0.2, 0) is 0 Å². The minimum absolute atomic E-state index is 0.975. The lowest BCUT2D eigenvalue weighted by molar-refractivity contribution is 1.05. The highest BCUT2D eigenvalue weighted by Crippen LogP contribution is 2.36. The predicted octanol–water partition coefficient (Wildman–Crippen LogP) is 5.77. The Morgan fingerprint density at radius 2 is 1.46 bits per heavy atom. The number of fused-ring (bicyclic) bond motifs is 1. The molecule has 2 heterocycles. The third-order valence-corrected chi connectivity index (χ3v) is 5.14. The smallest absolute Gasteiger partial charge is 0.138 e. The van der Waals surface area contributed by atoms with Gasteiger partial charge in [0.05, 0.1) is 0 Å². The van der Waals surface area contributed by atoms with Crippen LogP contribution in [-0.4, -0.2) is 9.38 Å². The Morgan fingerprint density at radius 3 is 2.17 bits per heavy atom. The summed E-state index contributed by atoms with van der Waals surface area (Å²) < 4.78 is 2.17. The summed E-state index contributed by atoms with van der Waals surface area (Å²) in [6.45, 7) is 4.22. The highest BCUT2D eigenvalue weighted by atomic mass is 32.2. The molecule has 118 valence electrons. The van der Waals surface area contributed by atoms with Crippen LogP contribution in [0.15, 0.2) is 82.8 Å². The second kappa shape index (κ2) is 6.17. The molecule has 0 N–H and O–H groups in total. The molecular weight excluding hydrogens is 312 g/mol. The Bertz CT molecular complexity index is 983. The van der Waals surface area contributed by atoms with Crippen LogP contribution in [0.5, 0.6) is 0 Å². The van der Waals surface area contributed by atoms with E-state index in [1.807, 2.05) is 12.1 Å². The number of hydrogen-bond donors (Lipinski definition) is 0. The number of aromatic nitrogens is 2. The zero-order valence-corrected chi connectivity index (χ0v) is 14.5. The van der Waals surface area contributed by atoms with Crippen molar-refractivity contribution in [3.05, 3.63) is 84.1 Å². The lowest BCUT2D eigenvalue weighted by Gasteiger charge is -2.06. The molecule has 4 rings (SSSR count). The first-order chi connectivity index (χ1) is 11.7. The van der Waals surface area contributed by atoms with Crippen LogP contribution in [0, 0.1) is 13.8 Å².